The van der Waals surface area contributed by atoms with Gasteiger partial charge < -0.3 is 10.2 Å². The van der Waals surface area contributed by atoms with Crippen molar-refractivity contribution < 1.29 is 22.6 Å². The molecule has 0 heterocycles. The van der Waals surface area contributed by atoms with Gasteiger partial charge in [0.1, 0.15) is 11.8 Å². The number of hydrogen-bond donors (Lipinski definition) is 2. The molecule has 8 heteroatoms. The van der Waals surface area contributed by atoms with Crippen molar-refractivity contribution in [2.75, 3.05) is 19.8 Å². The average molecular weight is 479 g/mol. The standard InChI is InChI=1S/C25H38N2O5S/c1-18(13-14-21-20(3)12-9-15-25(21,4)5)10-8-11-19(2)16-23(28)26-22(17-33(30,31)32)24(29)27(6)7/h8,10-11,13-14,16,22H,9,12,15,17H2,1-7H3,(H,26,28)(H,30,31,32)/t22-/m0/s1. The number of rotatable bonds is 9. The molecule has 0 aromatic rings. The van der Waals surface area contributed by atoms with Crippen molar-refractivity contribution in [2.24, 2.45) is 5.41 Å². The predicted octanol–water partition coefficient (Wildman–Crippen LogP) is 3.98. The molecule has 2 N–H and O–H groups in total. The fourth-order valence-electron chi connectivity index (χ4n) is 3.80. The maximum Gasteiger partial charge on any atom is 0.267 e. The molecule has 0 aliphatic heterocycles. The van der Waals surface area contributed by atoms with E-state index in [0.29, 0.717) is 5.57 Å². The topological polar surface area (TPSA) is 104 Å². The van der Waals surface area contributed by atoms with E-state index in [0.717, 1.165) is 16.9 Å². The van der Waals surface area contributed by atoms with E-state index in [2.05, 4.69) is 38.2 Å². The first-order valence-electron chi connectivity index (χ1n) is 11.0. The Bertz CT molecular complexity index is 996. The Morgan fingerprint density at radius 3 is 2.36 bits per heavy atom. The van der Waals surface area contributed by atoms with Crippen molar-refractivity contribution in [1.82, 2.24) is 10.2 Å². The first kappa shape index (κ1) is 28.6. The minimum atomic E-state index is -4.44. The number of allylic oxidation sites excluding steroid dienone is 9. The maximum absolute atomic E-state index is 12.2. The third kappa shape index (κ3) is 10.4. The third-order valence-electron chi connectivity index (χ3n) is 5.57. The predicted molar refractivity (Wildman–Crippen MR) is 133 cm³/mol. The Hall–Kier alpha value is -2.45. The lowest BCUT2D eigenvalue weighted by Crippen LogP contribution is -2.49. The molecule has 7 nitrogen and oxygen atoms in total. The van der Waals surface area contributed by atoms with Gasteiger partial charge in [-0.15, -0.1) is 0 Å². The van der Waals surface area contributed by atoms with Crippen molar-refractivity contribution in [3.63, 3.8) is 0 Å². The number of amides is 2. The molecule has 0 fully saturated rings. The zero-order valence-corrected chi connectivity index (χ0v) is 21.6. The summed E-state index contributed by atoms with van der Waals surface area (Å²) in [6.07, 6.45) is 14.6. The molecule has 0 saturated heterocycles. The molecule has 1 aliphatic rings. The summed E-state index contributed by atoms with van der Waals surface area (Å²) >= 11 is 0. The van der Waals surface area contributed by atoms with Crippen molar-refractivity contribution in [3.8, 4) is 0 Å². The molecule has 1 aliphatic carbocycles. The van der Waals surface area contributed by atoms with Crippen LogP contribution in [0.2, 0.25) is 0 Å². The Balaban J connectivity index is 2.83. The highest BCUT2D eigenvalue weighted by Gasteiger charge is 2.27. The number of hydrogen-bond acceptors (Lipinski definition) is 4. The lowest BCUT2D eigenvalue weighted by molar-refractivity contribution is -0.132. The summed E-state index contributed by atoms with van der Waals surface area (Å²) in [6.45, 7) is 10.5. The van der Waals surface area contributed by atoms with Crippen LogP contribution < -0.4 is 5.32 Å². The van der Waals surface area contributed by atoms with E-state index >= 15 is 0 Å². The first-order valence-corrected chi connectivity index (χ1v) is 12.6. The van der Waals surface area contributed by atoms with Crippen LogP contribution in [0, 0.1) is 5.41 Å². The van der Waals surface area contributed by atoms with Gasteiger partial charge in [-0.1, -0.05) is 55.4 Å². The van der Waals surface area contributed by atoms with Crippen molar-refractivity contribution in [1.29, 1.82) is 0 Å². The lowest BCUT2D eigenvalue weighted by atomic mass is 9.72. The number of carbonyl (C=O) groups is 2. The third-order valence-corrected chi connectivity index (χ3v) is 6.32. The summed E-state index contributed by atoms with van der Waals surface area (Å²) in [5, 5.41) is 2.34. The highest BCUT2D eigenvalue weighted by atomic mass is 32.2. The van der Waals surface area contributed by atoms with Crippen molar-refractivity contribution in [3.05, 3.63) is 58.7 Å². The van der Waals surface area contributed by atoms with Crippen LogP contribution >= 0.6 is 0 Å². The van der Waals surface area contributed by atoms with Crippen molar-refractivity contribution in [2.45, 2.75) is 59.9 Å². The largest absolute Gasteiger partial charge is 0.347 e. The van der Waals surface area contributed by atoms with Crippen LogP contribution in [-0.4, -0.2) is 55.6 Å². The molecule has 0 unspecified atom stereocenters. The van der Waals surface area contributed by atoms with Crippen LogP contribution in [0.1, 0.15) is 53.9 Å². The van der Waals surface area contributed by atoms with Gasteiger partial charge in [-0.2, -0.15) is 8.42 Å². The fourth-order valence-corrected chi connectivity index (χ4v) is 4.44. The zero-order valence-electron chi connectivity index (χ0n) is 20.8. The SMILES string of the molecule is CC(C=CC1=C(C)CCCC1(C)C)=CC=CC(C)=CC(=O)N[C@@H](CS(=O)(=O)O)C(=O)N(C)C. The molecule has 0 bridgehead atoms. The van der Waals surface area contributed by atoms with Crippen LogP contribution in [0.4, 0.5) is 0 Å². The van der Waals surface area contributed by atoms with Gasteiger partial charge in [0, 0.05) is 20.2 Å². The minimum Gasteiger partial charge on any atom is -0.347 e. The van der Waals surface area contributed by atoms with E-state index < -0.39 is 33.7 Å². The molecule has 0 aromatic carbocycles. The second-order valence-corrected chi connectivity index (χ2v) is 11.0. The number of nitrogens with zero attached hydrogens (tertiary/aromatic N) is 1. The molecule has 184 valence electrons. The Morgan fingerprint density at radius 2 is 1.82 bits per heavy atom. The summed E-state index contributed by atoms with van der Waals surface area (Å²) in [5.41, 5.74) is 4.70. The second-order valence-electron chi connectivity index (χ2n) is 9.47. The summed E-state index contributed by atoms with van der Waals surface area (Å²) in [7, 11) is -1.57. The van der Waals surface area contributed by atoms with E-state index in [1.165, 1.54) is 44.2 Å². The molecular weight excluding hydrogens is 440 g/mol. The van der Waals surface area contributed by atoms with Gasteiger partial charge in [0.25, 0.3) is 10.1 Å². The average Bonchev–Trinajstić information content (AvgIpc) is 2.64. The van der Waals surface area contributed by atoms with Crippen LogP contribution in [0.3, 0.4) is 0 Å². The van der Waals surface area contributed by atoms with E-state index in [1.807, 2.05) is 19.1 Å². The second kappa shape index (κ2) is 12.1. The monoisotopic (exact) mass is 478 g/mol. The number of carbonyl (C=O) groups excluding carboxylic acids is 2. The highest BCUT2D eigenvalue weighted by molar-refractivity contribution is 7.85. The molecule has 2 amide bonds. The van der Waals surface area contributed by atoms with Gasteiger partial charge >= 0.3 is 0 Å². The van der Waals surface area contributed by atoms with Gasteiger partial charge in [0.2, 0.25) is 11.8 Å². The molecule has 0 spiro atoms. The smallest absolute Gasteiger partial charge is 0.267 e. The highest BCUT2D eigenvalue weighted by Crippen LogP contribution is 2.40. The number of likely N-dealkylation sites (N-methyl/N-ethyl adjacent to an activating group) is 1. The molecule has 0 aromatic heterocycles. The molecular formula is C25H38N2O5S. The molecule has 1 atom stereocenters. The summed E-state index contributed by atoms with van der Waals surface area (Å²) in [4.78, 5) is 25.5. The normalized spacial score (nSPS) is 18.7. The fraction of sp³-hybridized carbons (Fsp3) is 0.520. The maximum atomic E-state index is 12.2. The summed E-state index contributed by atoms with van der Waals surface area (Å²) < 4.78 is 31.4. The summed E-state index contributed by atoms with van der Waals surface area (Å²) in [5.74, 6) is -2.14. The molecule has 33 heavy (non-hydrogen) atoms. The van der Waals surface area contributed by atoms with Gasteiger partial charge in [-0.05, 0) is 56.6 Å². The van der Waals surface area contributed by atoms with Gasteiger partial charge in [-0.25, -0.2) is 0 Å². The first-order chi connectivity index (χ1) is 15.1. The van der Waals surface area contributed by atoms with Gasteiger partial charge in [-0.3, -0.25) is 14.1 Å². The molecule has 1 rings (SSSR count). The molecule has 0 radical (unpaired) electrons. The zero-order chi connectivity index (χ0) is 25.4. The van der Waals surface area contributed by atoms with Crippen LogP contribution in [-0.2, 0) is 19.7 Å². The van der Waals surface area contributed by atoms with E-state index in [1.54, 1.807) is 13.0 Å². The number of nitrogens with one attached hydrogen (secondary N) is 1. The Labute approximate surface area is 198 Å². The van der Waals surface area contributed by atoms with Crippen LogP contribution in [0.5, 0.6) is 0 Å². The van der Waals surface area contributed by atoms with Gasteiger partial charge in [0.05, 0.1) is 0 Å². The summed E-state index contributed by atoms with van der Waals surface area (Å²) in [6, 6.07) is -1.37. The van der Waals surface area contributed by atoms with E-state index in [4.69, 9.17) is 4.55 Å². The van der Waals surface area contributed by atoms with Gasteiger partial charge in [0.15, 0.2) is 0 Å². The Morgan fingerprint density at radius 1 is 1.18 bits per heavy atom. The van der Waals surface area contributed by atoms with Crippen LogP contribution in [0.25, 0.3) is 0 Å². The minimum absolute atomic E-state index is 0.183. The van der Waals surface area contributed by atoms with Crippen molar-refractivity contribution >= 4 is 21.9 Å². The quantitative estimate of drug-likeness (QED) is 0.296. The van der Waals surface area contributed by atoms with E-state index in [-0.39, 0.29) is 5.41 Å². The molecule has 0 saturated carbocycles. The lowest BCUT2D eigenvalue weighted by Gasteiger charge is -2.32. The van der Waals surface area contributed by atoms with E-state index in [9.17, 15) is 18.0 Å². The Kier molecular flexibility index (Phi) is 10.5. The van der Waals surface area contributed by atoms with Crippen LogP contribution in [0.15, 0.2) is 58.7 Å².